The fourth-order valence-electron chi connectivity index (χ4n) is 2.87. The molecule has 1 N–H and O–H groups in total. The summed E-state index contributed by atoms with van der Waals surface area (Å²) in [6.07, 6.45) is 3.95. The van der Waals surface area contributed by atoms with E-state index in [0.717, 1.165) is 33.5 Å². The van der Waals surface area contributed by atoms with E-state index in [2.05, 4.69) is 15.5 Å². The standard InChI is InChI=1S/C20H15N3O/c24-19-12-16-4-1-2-6-18(16)20(23-22-19)15-9-7-14(8-10-15)17-5-3-11-21-13-17/h1-11,13H,12H2,(H,22,24). The van der Waals surface area contributed by atoms with E-state index in [-0.39, 0.29) is 5.91 Å². The Morgan fingerprint density at radius 3 is 2.42 bits per heavy atom. The van der Waals surface area contributed by atoms with E-state index in [1.807, 2.05) is 66.9 Å². The topological polar surface area (TPSA) is 54.4 Å². The lowest BCUT2D eigenvalue weighted by Gasteiger charge is -2.09. The third-order valence-electron chi connectivity index (χ3n) is 4.07. The molecule has 0 aliphatic carbocycles. The number of hydrogen-bond acceptors (Lipinski definition) is 3. The van der Waals surface area contributed by atoms with Crippen LogP contribution in [0.3, 0.4) is 0 Å². The molecule has 0 saturated carbocycles. The molecular formula is C20H15N3O. The summed E-state index contributed by atoms with van der Waals surface area (Å²) in [6.45, 7) is 0. The van der Waals surface area contributed by atoms with Crippen LogP contribution in [0.25, 0.3) is 11.1 Å². The summed E-state index contributed by atoms with van der Waals surface area (Å²) in [4.78, 5) is 16.0. The van der Waals surface area contributed by atoms with Gasteiger partial charge in [-0.3, -0.25) is 9.78 Å². The lowest BCUT2D eigenvalue weighted by Crippen LogP contribution is -2.18. The van der Waals surface area contributed by atoms with Crippen molar-refractivity contribution >= 4 is 11.6 Å². The molecule has 116 valence electrons. The first-order valence-electron chi connectivity index (χ1n) is 7.77. The fraction of sp³-hybridized carbons (Fsp3) is 0.0500. The highest BCUT2D eigenvalue weighted by molar-refractivity contribution is 6.15. The smallest absolute Gasteiger partial charge is 0.244 e. The number of nitrogens with zero attached hydrogens (tertiary/aromatic N) is 2. The number of carbonyl (C=O) groups is 1. The molecule has 4 nitrogen and oxygen atoms in total. The summed E-state index contributed by atoms with van der Waals surface area (Å²) < 4.78 is 0. The van der Waals surface area contributed by atoms with Gasteiger partial charge in [-0.15, -0.1) is 0 Å². The molecule has 0 saturated heterocycles. The normalized spacial score (nSPS) is 13.5. The van der Waals surface area contributed by atoms with Crippen LogP contribution < -0.4 is 5.43 Å². The van der Waals surface area contributed by atoms with Crippen LogP contribution in [0.2, 0.25) is 0 Å². The lowest BCUT2D eigenvalue weighted by molar-refractivity contribution is -0.120. The predicted octanol–water partition coefficient (Wildman–Crippen LogP) is 3.17. The average molecular weight is 313 g/mol. The molecule has 1 aliphatic heterocycles. The van der Waals surface area contributed by atoms with Crippen molar-refractivity contribution in [1.82, 2.24) is 10.4 Å². The zero-order valence-corrected chi connectivity index (χ0v) is 12.9. The predicted molar refractivity (Wildman–Crippen MR) is 93.6 cm³/mol. The number of amides is 1. The van der Waals surface area contributed by atoms with E-state index in [4.69, 9.17) is 0 Å². The molecule has 0 unspecified atom stereocenters. The van der Waals surface area contributed by atoms with E-state index in [1.165, 1.54) is 0 Å². The number of hydrazone groups is 1. The van der Waals surface area contributed by atoms with Gasteiger partial charge in [-0.2, -0.15) is 5.10 Å². The molecule has 3 aromatic rings. The molecule has 24 heavy (non-hydrogen) atoms. The third kappa shape index (κ3) is 2.70. The number of nitrogens with one attached hydrogen (secondary N) is 1. The Morgan fingerprint density at radius 2 is 1.62 bits per heavy atom. The molecule has 1 aliphatic rings. The van der Waals surface area contributed by atoms with Crippen LogP contribution in [0.1, 0.15) is 16.7 Å². The first kappa shape index (κ1) is 14.3. The van der Waals surface area contributed by atoms with Crippen molar-refractivity contribution in [3.8, 4) is 11.1 Å². The summed E-state index contributed by atoms with van der Waals surface area (Å²) in [5.41, 5.74) is 8.53. The molecule has 2 aromatic carbocycles. The van der Waals surface area contributed by atoms with Crippen LogP contribution >= 0.6 is 0 Å². The van der Waals surface area contributed by atoms with Crippen molar-refractivity contribution < 1.29 is 4.79 Å². The van der Waals surface area contributed by atoms with Crippen molar-refractivity contribution in [1.29, 1.82) is 0 Å². The van der Waals surface area contributed by atoms with E-state index in [9.17, 15) is 4.79 Å². The zero-order valence-electron chi connectivity index (χ0n) is 12.9. The zero-order chi connectivity index (χ0) is 16.4. The van der Waals surface area contributed by atoms with Crippen LogP contribution in [0.4, 0.5) is 0 Å². The Bertz CT molecular complexity index is 915. The van der Waals surface area contributed by atoms with Gasteiger partial charge in [0, 0.05) is 23.5 Å². The Labute approximate surface area is 139 Å². The molecule has 4 heteroatoms. The molecule has 0 atom stereocenters. The Kier molecular flexibility index (Phi) is 3.63. The van der Waals surface area contributed by atoms with Gasteiger partial charge >= 0.3 is 0 Å². The monoisotopic (exact) mass is 313 g/mol. The first-order valence-corrected chi connectivity index (χ1v) is 7.77. The summed E-state index contributed by atoms with van der Waals surface area (Å²) in [5.74, 6) is -0.0931. The molecule has 0 fully saturated rings. The first-order chi connectivity index (χ1) is 11.8. The van der Waals surface area contributed by atoms with E-state index < -0.39 is 0 Å². The average Bonchev–Trinajstić information content (AvgIpc) is 2.81. The Morgan fingerprint density at radius 1 is 0.833 bits per heavy atom. The van der Waals surface area contributed by atoms with Crippen molar-refractivity contribution in [2.45, 2.75) is 6.42 Å². The third-order valence-corrected chi connectivity index (χ3v) is 4.07. The number of rotatable bonds is 2. The molecule has 1 amide bonds. The summed E-state index contributed by atoms with van der Waals surface area (Å²) >= 11 is 0. The van der Waals surface area contributed by atoms with Crippen molar-refractivity contribution in [3.05, 3.63) is 89.7 Å². The van der Waals surface area contributed by atoms with E-state index in [0.29, 0.717) is 6.42 Å². The van der Waals surface area contributed by atoms with Crippen LogP contribution in [0.5, 0.6) is 0 Å². The van der Waals surface area contributed by atoms with Gasteiger partial charge in [0.05, 0.1) is 12.1 Å². The highest BCUT2D eigenvalue weighted by Crippen LogP contribution is 2.22. The molecule has 0 bridgehead atoms. The van der Waals surface area contributed by atoms with Gasteiger partial charge < -0.3 is 0 Å². The highest BCUT2D eigenvalue weighted by Gasteiger charge is 2.17. The minimum absolute atomic E-state index is 0.0931. The van der Waals surface area contributed by atoms with Crippen molar-refractivity contribution in [2.75, 3.05) is 0 Å². The van der Waals surface area contributed by atoms with Crippen LogP contribution in [-0.2, 0) is 11.2 Å². The van der Waals surface area contributed by atoms with E-state index >= 15 is 0 Å². The van der Waals surface area contributed by atoms with Crippen LogP contribution in [0.15, 0.2) is 78.2 Å². The molecular weight excluding hydrogens is 298 g/mol. The Balaban J connectivity index is 1.75. The van der Waals surface area contributed by atoms with Crippen molar-refractivity contribution in [3.63, 3.8) is 0 Å². The van der Waals surface area contributed by atoms with Gasteiger partial charge in [0.2, 0.25) is 5.91 Å². The number of pyridine rings is 1. The van der Waals surface area contributed by atoms with Gasteiger partial charge in [0.25, 0.3) is 0 Å². The number of carbonyl (C=O) groups excluding carboxylic acids is 1. The van der Waals surface area contributed by atoms with Gasteiger partial charge in [-0.1, -0.05) is 54.6 Å². The van der Waals surface area contributed by atoms with Crippen LogP contribution in [-0.4, -0.2) is 16.6 Å². The highest BCUT2D eigenvalue weighted by atomic mass is 16.2. The molecule has 2 heterocycles. The van der Waals surface area contributed by atoms with Gasteiger partial charge in [-0.25, -0.2) is 5.43 Å². The number of hydrogen-bond donors (Lipinski definition) is 1. The largest absolute Gasteiger partial charge is 0.273 e. The summed E-state index contributed by atoms with van der Waals surface area (Å²) in [6, 6.07) is 20.0. The van der Waals surface area contributed by atoms with Gasteiger partial charge in [0.1, 0.15) is 0 Å². The van der Waals surface area contributed by atoms with Gasteiger partial charge in [-0.05, 0) is 22.8 Å². The SMILES string of the molecule is O=C1Cc2ccccc2C(c2ccc(-c3cccnc3)cc2)=NN1. The minimum atomic E-state index is -0.0931. The fourth-order valence-corrected chi connectivity index (χ4v) is 2.87. The number of aromatic nitrogens is 1. The van der Waals surface area contributed by atoms with E-state index in [1.54, 1.807) is 6.20 Å². The summed E-state index contributed by atoms with van der Waals surface area (Å²) in [7, 11) is 0. The van der Waals surface area contributed by atoms with Crippen LogP contribution in [0, 0.1) is 0 Å². The maximum Gasteiger partial charge on any atom is 0.244 e. The quantitative estimate of drug-likeness (QED) is 0.790. The number of fused-ring (bicyclic) bond motifs is 1. The second-order valence-corrected chi connectivity index (χ2v) is 5.65. The molecule has 0 spiro atoms. The maximum atomic E-state index is 11.8. The minimum Gasteiger partial charge on any atom is -0.273 e. The molecule has 1 aromatic heterocycles. The van der Waals surface area contributed by atoms with Crippen molar-refractivity contribution in [2.24, 2.45) is 5.10 Å². The molecule has 0 radical (unpaired) electrons. The van der Waals surface area contributed by atoms with Gasteiger partial charge in [0.15, 0.2) is 0 Å². The lowest BCUT2D eigenvalue weighted by atomic mass is 9.95. The summed E-state index contributed by atoms with van der Waals surface area (Å²) in [5, 5.41) is 4.32. The second kappa shape index (κ2) is 6.08. The Hall–Kier alpha value is -3.27. The maximum absolute atomic E-state index is 11.8. The number of benzene rings is 2. The molecule has 4 rings (SSSR count). The second-order valence-electron chi connectivity index (χ2n) is 5.65.